The van der Waals surface area contributed by atoms with E-state index in [1.54, 1.807) is 24.3 Å². The summed E-state index contributed by atoms with van der Waals surface area (Å²) in [6.45, 7) is 9.27. The Morgan fingerprint density at radius 3 is 2.38 bits per heavy atom. The van der Waals surface area contributed by atoms with Gasteiger partial charge >= 0.3 is 5.97 Å². The predicted octanol–water partition coefficient (Wildman–Crippen LogP) is 2.76. The second-order valence-corrected chi connectivity index (χ2v) is 9.99. The average Bonchev–Trinajstić information content (AvgIpc) is 2.88. The third-order valence-electron chi connectivity index (χ3n) is 7.03. The third-order valence-corrected chi connectivity index (χ3v) is 7.03. The van der Waals surface area contributed by atoms with E-state index in [-0.39, 0.29) is 24.7 Å². The highest BCUT2D eigenvalue weighted by atomic mass is 16.5. The van der Waals surface area contributed by atoms with Gasteiger partial charge in [-0.2, -0.15) is 5.26 Å². The van der Waals surface area contributed by atoms with E-state index in [1.807, 2.05) is 20.8 Å². The van der Waals surface area contributed by atoms with Crippen LogP contribution in [0.15, 0.2) is 24.3 Å². The van der Waals surface area contributed by atoms with Gasteiger partial charge in [0.2, 0.25) is 17.7 Å². The first-order chi connectivity index (χ1) is 17.6. The first-order valence-electron chi connectivity index (χ1n) is 13.2. The van der Waals surface area contributed by atoms with Crippen LogP contribution in [0.25, 0.3) is 0 Å². The second kappa shape index (κ2) is 14.4. The Morgan fingerprint density at radius 2 is 1.73 bits per heavy atom. The fraction of sp³-hybridized carbons (Fsp3) is 0.607. The largest absolute Gasteiger partial charge is 0.460 e. The molecule has 2 rings (SSSR count). The first-order valence-corrected chi connectivity index (χ1v) is 13.2. The molecule has 0 bridgehead atoms. The summed E-state index contributed by atoms with van der Waals surface area (Å²) in [5.74, 6) is -2.40. The van der Waals surface area contributed by atoms with Crippen molar-refractivity contribution in [2.45, 2.75) is 97.4 Å². The van der Waals surface area contributed by atoms with Crippen molar-refractivity contribution in [2.75, 3.05) is 0 Å². The summed E-state index contributed by atoms with van der Waals surface area (Å²) in [6, 6.07) is 6.07. The van der Waals surface area contributed by atoms with Crippen molar-refractivity contribution in [3.05, 3.63) is 35.4 Å². The zero-order valence-corrected chi connectivity index (χ0v) is 22.5. The highest BCUT2D eigenvalue weighted by molar-refractivity contribution is 5.94. The number of unbranched alkanes of at least 4 members (excludes halogenated alkanes) is 1. The lowest BCUT2D eigenvalue weighted by Crippen LogP contribution is -2.55. The number of benzene rings is 1. The molecule has 1 aromatic rings. The van der Waals surface area contributed by atoms with Crippen LogP contribution in [0.4, 0.5) is 0 Å². The van der Waals surface area contributed by atoms with Crippen LogP contribution in [0, 0.1) is 23.2 Å². The first kappa shape index (κ1) is 29.8. The van der Waals surface area contributed by atoms with E-state index >= 15 is 0 Å². The molecule has 1 aliphatic rings. The summed E-state index contributed by atoms with van der Waals surface area (Å²) in [7, 11) is 0. The lowest BCUT2D eigenvalue weighted by Gasteiger charge is -2.29. The normalized spacial score (nSPS) is 25.1. The molecule has 9 heteroatoms. The summed E-state index contributed by atoms with van der Waals surface area (Å²) in [5, 5.41) is 17.6. The van der Waals surface area contributed by atoms with Gasteiger partial charge in [-0.1, -0.05) is 65.2 Å². The molecule has 3 amide bonds. The van der Waals surface area contributed by atoms with E-state index in [0.29, 0.717) is 17.5 Å². The Bertz CT molecular complexity index is 1000. The number of nitrogens with one attached hydrogen (secondary N) is 3. The molecule has 37 heavy (non-hydrogen) atoms. The van der Waals surface area contributed by atoms with E-state index in [0.717, 1.165) is 19.3 Å². The maximum absolute atomic E-state index is 13.2. The van der Waals surface area contributed by atoms with Crippen LogP contribution in [0.1, 0.15) is 77.8 Å². The summed E-state index contributed by atoms with van der Waals surface area (Å²) in [5.41, 5.74) is 0.998. The molecule has 202 valence electrons. The maximum atomic E-state index is 13.2. The number of cyclic esters (lactones) is 1. The molecular weight excluding hydrogens is 472 g/mol. The minimum absolute atomic E-state index is 0.0704. The molecule has 0 unspecified atom stereocenters. The Kier molecular flexibility index (Phi) is 11.6. The Balaban J connectivity index is 2.42. The number of amides is 3. The monoisotopic (exact) mass is 512 g/mol. The van der Waals surface area contributed by atoms with Gasteiger partial charge in [0.1, 0.15) is 24.2 Å². The molecule has 1 aliphatic heterocycles. The van der Waals surface area contributed by atoms with Crippen molar-refractivity contribution in [3.63, 3.8) is 0 Å². The van der Waals surface area contributed by atoms with E-state index in [4.69, 9.17) is 4.74 Å². The van der Waals surface area contributed by atoms with Gasteiger partial charge in [-0.05, 0) is 36.8 Å². The average molecular weight is 513 g/mol. The van der Waals surface area contributed by atoms with Crippen molar-refractivity contribution >= 4 is 23.7 Å². The fourth-order valence-electron chi connectivity index (χ4n) is 4.29. The number of carbonyl (C=O) groups excluding carboxylic acids is 4. The zero-order valence-electron chi connectivity index (χ0n) is 22.5. The number of nitriles is 1. The summed E-state index contributed by atoms with van der Waals surface area (Å²) in [4.78, 5) is 52.6. The molecule has 1 aromatic carbocycles. The van der Waals surface area contributed by atoms with Gasteiger partial charge in [-0.15, -0.1) is 0 Å². The van der Waals surface area contributed by atoms with E-state index in [2.05, 4.69) is 28.9 Å². The van der Waals surface area contributed by atoms with E-state index in [9.17, 15) is 24.4 Å². The number of carbonyl (C=O) groups is 4. The fourth-order valence-corrected chi connectivity index (χ4v) is 4.29. The molecule has 0 aliphatic carbocycles. The number of nitrogens with zero attached hydrogens (tertiary/aromatic N) is 1. The summed E-state index contributed by atoms with van der Waals surface area (Å²) in [6.07, 6.45) is 2.50. The van der Waals surface area contributed by atoms with Crippen molar-refractivity contribution < 1.29 is 23.9 Å². The van der Waals surface area contributed by atoms with Crippen molar-refractivity contribution in [1.29, 1.82) is 5.26 Å². The second-order valence-electron chi connectivity index (χ2n) is 9.99. The van der Waals surface area contributed by atoms with Crippen LogP contribution < -0.4 is 16.0 Å². The minimum atomic E-state index is -1.02. The number of ether oxygens (including phenoxy) is 1. The molecule has 0 radical (unpaired) electrons. The molecule has 0 aromatic heterocycles. The Hall–Kier alpha value is -3.41. The van der Waals surface area contributed by atoms with Gasteiger partial charge in [-0.25, -0.2) is 4.79 Å². The molecule has 9 nitrogen and oxygen atoms in total. The zero-order chi connectivity index (χ0) is 27.5. The molecule has 6 atom stereocenters. The van der Waals surface area contributed by atoms with Crippen molar-refractivity contribution in [2.24, 2.45) is 11.8 Å². The molecule has 0 saturated carbocycles. The maximum Gasteiger partial charge on any atom is 0.329 e. The highest BCUT2D eigenvalue weighted by Gasteiger charge is 2.35. The van der Waals surface area contributed by atoms with Gasteiger partial charge in [0.15, 0.2) is 0 Å². The standard InChI is InChI=1S/C28H40N4O5/c1-6-8-11-18(4)23-15-24(33)31-22(14-20-12-9-10-13-21(20)16-29)27(35)30-19(5)26(34)32-25(17(3)7-2)28(36)37-23/h9-10,12-13,17-19,22-23,25H,6-8,11,14-15H2,1-5H3,(H,30,35)(H,31,33)(H,32,34)/t17-,18+,19+,22+,23+,25-/m1/s1. The van der Waals surface area contributed by atoms with Gasteiger partial charge in [-0.3, -0.25) is 14.4 Å². The van der Waals surface area contributed by atoms with Crippen LogP contribution in [-0.4, -0.2) is 47.9 Å². The molecule has 3 N–H and O–H groups in total. The Morgan fingerprint density at radius 1 is 1.03 bits per heavy atom. The predicted molar refractivity (Wildman–Crippen MR) is 139 cm³/mol. The van der Waals surface area contributed by atoms with Crippen molar-refractivity contribution in [1.82, 2.24) is 16.0 Å². The smallest absolute Gasteiger partial charge is 0.329 e. The molecule has 1 saturated heterocycles. The minimum Gasteiger partial charge on any atom is -0.460 e. The Labute approximate surface area is 219 Å². The molecular formula is C28H40N4O5. The number of esters is 1. The van der Waals surface area contributed by atoms with Crippen LogP contribution in [0.5, 0.6) is 0 Å². The number of rotatable bonds is 8. The highest BCUT2D eigenvalue weighted by Crippen LogP contribution is 2.21. The van der Waals surface area contributed by atoms with Gasteiger partial charge in [0, 0.05) is 6.42 Å². The lowest BCUT2D eigenvalue weighted by molar-refractivity contribution is -0.158. The van der Waals surface area contributed by atoms with Crippen LogP contribution in [0.2, 0.25) is 0 Å². The van der Waals surface area contributed by atoms with Crippen LogP contribution in [-0.2, 0) is 30.3 Å². The van der Waals surface area contributed by atoms with E-state index in [1.165, 1.54) is 6.92 Å². The summed E-state index contributed by atoms with van der Waals surface area (Å²) < 4.78 is 5.87. The third kappa shape index (κ3) is 8.59. The molecule has 1 fully saturated rings. The summed E-state index contributed by atoms with van der Waals surface area (Å²) >= 11 is 0. The topological polar surface area (TPSA) is 137 Å². The number of hydrogen-bond donors (Lipinski definition) is 3. The number of hydrogen-bond acceptors (Lipinski definition) is 6. The van der Waals surface area contributed by atoms with Gasteiger partial charge < -0.3 is 20.7 Å². The van der Waals surface area contributed by atoms with Crippen molar-refractivity contribution in [3.8, 4) is 6.07 Å². The van der Waals surface area contributed by atoms with E-state index < -0.39 is 47.9 Å². The SMILES string of the molecule is CCCC[C@H](C)[C@@H]1CC(=O)N[C@@H](Cc2ccccc2C#N)C(=O)N[C@@H](C)C(=O)N[C@H]([C@H](C)CC)C(=O)O1. The van der Waals surface area contributed by atoms with Gasteiger partial charge in [0.05, 0.1) is 18.1 Å². The molecule has 1 heterocycles. The lowest BCUT2D eigenvalue weighted by atomic mass is 9.94. The van der Waals surface area contributed by atoms with Gasteiger partial charge in [0.25, 0.3) is 0 Å². The van der Waals surface area contributed by atoms with Crippen LogP contribution >= 0.6 is 0 Å². The quantitative estimate of drug-likeness (QED) is 0.458. The van der Waals surface area contributed by atoms with Crippen LogP contribution in [0.3, 0.4) is 0 Å². The molecule has 0 spiro atoms.